The first-order valence-corrected chi connectivity index (χ1v) is 11.7. The lowest BCUT2D eigenvalue weighted by molar-refractivity contribution is -0.113. The van der Waals surface area contributed by atoms with Crippen LogP contribution in [0.1, 0.15) is 30.9 Å². The standard InChI is InChI=1S/C21H25N5OS2/c1-13-6-5-9-26(10-13)21-25-19-18(29-21)20(23-12-22-19)28-11-16(27)24-17-14(2)7-4-8-15(17)3/h4,7-8,12-13H,5-6,9-11H2,1-3H3,(H,24,27)/t13-/m1/s1. The molecule has 1 amide bonds. The lowest BCUT2D eigenvalue weighted by atomic mass is 10.0. The molecule has 8 heteroatoms. The largest absolute Gasteiger partial charge is 0.348 e. The van der Waals surface area contributed by atoms with Crippen molar-refractivity contribution in [3.05, 3.63) is 35.7 Å². The van der Waals surface area contributed by atoms with Gasteiger partial charge in [0.1, 0.15) is 16.1 Å². The lowest BCUT2D eigenvalue weighted by Gasteiger charge is -2.30. The third-order valence-corrected chi connectivity index (χ3v) is 7.39. The van der Waals surface area contributed by atoms with E-state index in [0.717, 1.165) is 50.4 Å². The van der Waals surface area contributed by atoms with Gasteiger partial charge in [-0.3, -0.25) is 4.79 Å². The molecule has 1 aliphatic heterocycles. The summed E-state index contributed by atoms with van der Waals surface area (Å²) in [6.07, 6.45) is 4.01. The average Bonchev–Trinajstić information content (AvgIpc) is 3.14. The zero-order chi connectivity index (χ0) is 20.4. The van der Waals surface area contributed by atoms with Crippen LogP contribution in [0.25, 0.3) is 10.3 Å². The summed E-state index contributed by atoms with van der Waals surface area (Å²) in [5, 5.41) is 4.86. The Labute approximate surface area is 179 Å². The van der Waals surface area contributed by atoms with Gasteiger partial charge in [-0.15, -0.1) is 0 Å². The van der Waals surface area contributed by atoms with Crippen molar-refractivity contribution in [2.75, 3.05) is 29.1 Å². The van der Waals surface area contributed by atoms with E-state index in [4.69, 9.17) is 4.98 Å². The number of aromatic nitrogens is 3. The molecule has 3 heterocycles. The Balaban J connectivity index is 1.47. The fraction of sp³-hybridized carbons (Fsp3) is 0.429. The minimum atomic E-state index is -0.0336. The Hall–Kier alpha value is -2.19. The van der Waals surface area contributed by atoms with Crippen LogP contribution in [0.3, 0.4) is 0 Å². The van der Waals surface area contributed by atoms with E-state index in [2.05, 4.69) is 27.1 Å². The van der Waals surface area contributed by atoms with E-state index >= 15 is 0 Å². The maximum atomic E-state index is 12.5. The second-order valence-electron chi connectivity index (χ2n) is 7.63. The molecule has 0 radical (unpaired) electrons. The maximum Gasteiger partial charge on any atom is 0.234 e. The molecule has 1 fully saturated rings. The van der Waals surface area contributed by atoms with E-state index in [-0.39, 0.29) is 5.91 Å². The molecule has 2 aromatic heterocycles. The van der Waals surface area contributed by atoms with Crippen LogP contribution in [0.2, 0.25) is 0 Å². The van der Waals surface area contributed by atoms with Gasteiger partial charge in [0.2, 0.25) is 5.91 Å². The molecule has 0 unspecified atom stereocenters. The predicted molar refractivity (Wildman–Crippen MR) is 121 cm³/mol. The number of carbonyl (C=O) groups is 1. The number of amides is 1. The highest BCUT2D eigenvalue weighted by Gasteiger charge is 2.21. The van der Waals surface area contributed by atoms with E-state index in [1.807, 2.05) is 32.0 Å². The lowest BCUT2D eigenvalue weighted by Crippen LogP contribution is -2.34. The number of hydrogen-bond donors (Lipinski definition) is 1. The highest BCUT2D eigenvalue weighted by atomic mass is 32.2. The van der Waals surface area contributed by atoms with Crippen molar-refractivity contribution in [1.82, 2.24) is 15.0 Å². The van der Waals surface area contributed by atoms with Gasteiger partial charge in [0.15, 0.2) is 10.8 Å². The molecule has 1 atom stereocenters. The highest BCUT2D eigenvalue weighted by Crippen LogP contribution is 2.35. The van der Waals surface area contributed by atoms with Gasteiger partial charge in [-0.25, -0.2) is 9.97 Å². The number of rotatable bonds is 5. The average molecular weight is 428 g/mol. The van der Waals surface area contributed by atoms with Gasteiger partial charge in [0, 0.05) is 18.8 Å². The van der Waals surface area contributed by atoms with Gasteiger partial charge in [-0.05, 0) is 43.7 Å². The summed E-state index contributed by atoms with van der Waals surface area (Å²) in [6, 6.07) is 6.01. The summed E-state index contributed by atoms with van der Waals surface area (Å²) in [4.78, 5) is 28.4. The van der Waals surface area contributed by atoms with Gasteiger partial charge in [-0.1, -0.05) is 48.2 Å². The molecule has 0 bridgehead atoms. The second-order valence-corrected chi connectivity index (χ2v) is 9.57. The Bertz CT molecular complexity index is 1010. The van der Waals surface area contributed by atoms with Crippen molar-refractivity contribution >= 4 is 50.2 Å². The zero-order valence-electron chi connectivity index (χ0n) is 16.9. The van der Waals surface area contributed by atoms with E-state index in [0.29, 0.717) is 11.7 Å². The Kier molecular flexibility index (Phi) is 6.01. The molecule has 152 valence electrons. The summed E-state index contributed by atoms with van der Waals surface area (Å²) in [5.74, 6) is 0.950. The topological polar surface area (TPSA) is 71.0 Å². The third-order valence-electron chi connectivity index (χ3n) is 5.16. The summed E-state index contributed by atoms with van der Waals surface area (Å²) < 4.78 is 0.964. The number of anilines is 2. The van der Waals surface area contributed by atoms with Gasteiger partial charge in [-0.2, -0.15) is 4.98 Å². The molecule has 4 rings (SSSR count). The quantitative estimate of drug-likeness (QED) is 0.471. The van der Waals surface area contributed by atoms with Crippen molar-refractivity contribution in [3.63, 3.8) is 0 Å². The van der Waals surface area contributed by atoms with E-state index in [1.165, 1.54) is 30.9 Å². The van der Waals surface area contributed by atoms with Crippen LogP contribution in [0.4, 0.5) is 10.8 Å². The van der Waals surface area contributed by atoms with Crippen LogP contribution in [0.5, 0.6) is 0 Å². The maximum absolute atomic E-state index is 12.5. The molecule has 0 aliphatic carbocycles. The molecule has 1 saturated heterocycles. The minimum Gasteiger partial charge on any atom is -0.348 e. The molecule has 29 heavy (non-hydrogen) atoms. The molecule has 6 nitrogen and oxygen atoms in total. The molecule has 0 saturated carbocycles. The summed E-state index contributed by atoms with van der Waals surface area (Å²) in [5.41, 5.74) is 3.74. The molecule has 1 aliphatic rings. The second kappa shape index (κ2) is 8.67. The minimum absolute atomic E-state index is 0.0336. The monoisotopic (exact) mass is 427 g/mol. The number of thiazole rings is 1. The number of nitrogens with one attached hydrogen (secondary N) is 1. The SMILES string of the molecule is Cc1cccc(C)c1NC(=O)CSc1ncnc2nc(N3CCC[C@@H](C)C3)sc12. The highest BCUT2D eigenvalue weighted by molar-refractivity contribution is 8.00. The number of piperidine rings is 1. The predicted octanol–water partition coefficient (Wildman–Crippen LogP) is 4.67. The molecule has 3 aromatic rings. The summed E-state index contributed by atoms with van der Waals surface area (Å²) >= 11 is 3.07. The number of thioether (sulfide) groups is 1. The van der Waals surface area contributed by atoms with Crippen LogP contribution in [-0.4, -0.2) is 39.7 Å². The fourth-order valence-electron chi connectivity index (χ4n) is 3.64. The summed E-state index contributed by atoms with van der Waals surface area (Å²) in [7, 11) is 0. The fourth-order valence-corrected chi connectivity index (χ4v) is 5.57. The first-order valence-electron chi connectivity index (χ1n) is 9.86. The number of hydrogen-bond acceptors (Lipinski definition) is 7. The Morgan fingerprint density at radius 2 is 2.10 bits per heavy atom. The molecule has 1 aromatic carbocycles. The molecule has 1 N–H and O–H groups in total. The number of fused-ring (bicyclic) bond motifs is 1. The van der Waals surface area contributed by atoms with Crippen LogP contribution >= 0.6 is 23.1 Å². The van der Waals surface area contributed by atoms with Crippen molar-refractivity contribution < 1.29 is 4.79 Å². The van der Waals surface area contributed by atoms with Crippen LogP contribution < -0.4 is 10.2 Å². The van der Waals surface area contributed by atoms with Crippen molar-refractivity contribution in [2.45, 2.75) is 38.6 Å². The molecule has 0 spiro atoms. The summed E-state index contributed by atoms with van der Waals surface area (Å²) in [6.45, 7) is 8.37. The number of benzene rings is 1. The van der Waals surface area contributed by atoms with E-state index < -0.39 is 0 Å². The van der Waals surface area contributed by atoms with E-state index in [1.54, 1.807) is 11.3 Å². The molecular weight excluding hydrogens is 402 g/mol. The number of nitrogens with zero attached hydrogens (tertiary/aromatic N) is 4. The van der Waals surface area contributed by atoms with Crippen LogP contribution in [-0.2, 0) is 4.79 Å². The van der Waals surface area contributed by atoms with Gasteiger partial charge in [0.25, 0.3) is 0 Å². The van der Waals surface area contributed by atoms with Crippen molar-refractivity contribution in [3.8, 4) is 0 Å². The first-order chi connectivity index (χ1) is 14.0. The van der Waals surface area contributed by atoms with Crippen molar-refractivity contribution in [2.24, 2.45) is 5.92 Å². The van der Waals surface area contributed by atoms with Crippen LogP contribution in [0, 0.1) is 19.8 Å². The number of aryl methyl sites for hydroxylation is 2. The zero-order valence-corrected chi connectivity index (χ0v) is 18.6. The first kappa shape index (κ1) is 20.1. The molecular formula is C21H25N5OS2. The Morgan fingerprint density at radius 1 is 1.31 bits per heavy atom. The van der Waals surface area contributed by atoms with E-state index in [9.17, 15) is 4.79 Å². The van der Waals surface area contributed by atoms with Gasteiger partial charge in [0.05, 0.1) is 5.75 Å². The normalized spacial score (nSPS) is 16.9. The number of carbonyl (C=O) groups excluding carboxylic acids is 1. The Morgan fingerprint density at radius 3 is 2.86 bits per heavy atom. The third kappa shape index (κ3) is 4.53. The number of para-hydroxylation sites is 1. The van der Waals surface area contributed by atoms with Gasteiger partial charge < -0.3 is 10.2 Å². The van der Waals surface area contributed by atoms with Crippen molar-refractivity contribution in [1.29, 1.82) is 0 Å². The smallest absolute Gasteiger partial charge is 0.234 e. The van der Waals surface area contributed by atoms with Gasteiger partial charge >= 0.3 is 0 Å². The van der Waals surface area contributed by atoms with Crippen LogP contribution in [0.15, 0.2) is 29.6 Å².